The van der Waals surface area contributed by atoms with Crippen molar-refractivity contribution in [2.75, 3.05) is 43.4 Å². The van der Waals surface area contributed by atoms with E-state index in [9.17, 15) is 0 Å². The topological polar surface area (TPSA) is 32.5 Å². The van der Waals surface area contributed by atoms with Gasteiger partial charge in [-0.3, -0.25) is 4.90 Å². The van der Waals surface area contributed by atoms with Gasteiger partial charge in [-0.25, -0.2) is 0 Å². The van der Waals surface area contributed by atoms with Gasteiger partial charge in [-0.2, -0.15) is 0 Å². The van der Waals surface area contributed by atoms with Crippen LogP contribution in [0.4, 0.5) is 11.4 Å². The van der Waals surface area contributed by atoms with Crippen LogP contribution >= 0.6 is 11.6 Å². The van der Waals surface area contributed by atoms with Crippen molar-refractivity contribution in [3.8, 4) is 0 Å². The molecule has 92 valence electrons. The van der Waals surface area contributed by atoms with Crippen molar-refractivity contribution in [2.24, 2.45) is 0 Å². The highest BCUT2D eigenvalue weighted by molar-refractivity contribution is 6.31. The van der Waals surface area contributed by atoms with Gasteiger partial charge in [-0.15, -0.1) is 6.58 Å². The molecule has 1 heterocycles. The molecule has 0 aromatic heterocycles. The van der Waals surface area contributed by atoms with Gasteiger partial charge in [0.15, 0.2) is 0 Å². The Morgan fingerprint density at radius 2 is 2.00 bits per heavy atom. The van der Waals surface area contributed by atoms with Crippen LogP contribution in [0.2, 0.25) is 5.02 Å². The lowest BCUT2D eigenvalue weighted by Gasteiger charge is -2.36. The third-order valence-corrected chi connectivity index (χ3v) is 3.33. The van der Waals surface area contributed by atoms with Gasteiger partial charge in [0, 0.05) is 37.7 Å². The Morgan fingerprint density at radius 3 is 2.65 bits per heavy atom. The molecule has 2 N–H and O–H groups in total. The quantitative estimate of drug-likeness (QED) is 0.661. The molecule has 0 radical (unpaired) electrons. The molecule has 1 fully saturated rings. The fraction of sp³-hybridized carbons (Fsp3) is 0.385. The highest BCUT2D eigenvalue weighted by atomic mass is 35.5. The molecular formula is C13H18ClN3. The Kier molecular flexibility index (Phi) is 3.92. The van der Waals surface area contributed by atoms with Crippen LogP contribution in [0.25, 0.3) is 0 Å². The molecule has 0 amide bonds. The normalized spacial score (nSPS) is 17.1. The smallest absolute Gasteiger partial charge is 0.0615 e. The van der Waals surface area contributed by atoms with Gasteiger partial charge in [0.05, 0.1) is 11.4 Å². The van der Waals surface area contributed by atoms with Crippen molar-refractivity contribution < 1.29 is 0 Å². The zero-order chi connectivity index (χ0) is 12.3. The lowest BCUT2D eigenvalue weighted by molar-refractivity contribution is 0.284. The van der Waals surface area contributed by atoms with E-state index < -0.39 is 0 Å². The number of nitrogens with two attached hydrogens (primary N) is 1. The molecule has 3 nitrogen and oxygen atoms in total. The monoisotopic (exact) mass is 251 g/mol. The van der Waals surface area contributed by atoms with Crippen molar-refractivity contribution in [2.45, 2.75) is 0 Å². The molecule has 1 aliphatic rings. The van der Waals surface area contributed by atoms with Crippen molar-refractivity contribution in [3.05, 3.63) is 35.9 Å². The number of nitrogens with zero attached hydrogens (tertiary/aromatic N) is 2. The van der Waals surface area contributed by atoms with Crippen LogP contribution < -0.4 is 10.6 Å². The third-order valence-electron chi connectivity index (χ3n) is 3.09. The maximum Gasteiger partial charge on any atom is 0.0615 e. The van der Waals surface area contributed by atoms with Gasteiger partial charge in [0.1, 0.15) is 0 Å². The van der Waals surface area contributed by atoms with E-state index >= 15 is 0 Å². The second-order valence-electron chi connectivity index (χ2n) is 4.28. The molecule has 1 saturated heterocycles. The van der Waals surface area contributed by atoms with E-state index in [-0.39, 0.29) is 0 Å². The van der Waals surface area contributed by atoms with Crippen LogP contribution in [-0.4, -0.2) is 37.6 Å². The fourth-order valence-corrected chi connectivity index (χ4v) is 2.31. The van der Waals surface area contributed by atoms with Gasteiger partial charge in [-0.05, 0) is 18.2 Å². The molecule has 1 aromatic carbocycles. The summed E-state index contributed by atoms with van der Waals surface area (Å²) in [5.74, 6) is 0. The first-order valence-electron chi connectivity index (χ1n) is 5.84. The Labute approximate surface area is 107 Å². The summed E-state index contributed by atoms with van der Waals surface area (Å²) in [6.07, 6.45) is 1.95. The van der Waals surface area contributed by atoms with Crippen LogP contribution in [0.1, 0.15) is 0 Å². The first kappa shape index (κ1) is 12.3. The van der Waals surface area contributed by atoms with E-state index in [4.69, 9.17) is 17.3 Å². The van der Waals surface area contributed by atoms with Crippen molar-refractivity contribution in [1.82, 2.24) is 4.90 Å². The molecule has 0 unspecified atom stereocenters. The molecule has 17 heavy (non-hydrogen) atoms. The van der Waals surface area contributed by atoms with E-state index in [0.717, 1.165) is 49.1 Å². The zero-order valence-electron chi connectivity index (χ0n) is 9.90. The lowest BCUT2D eigenvalue weighted by atomic mass is 10.2. The predicted octanol–water partition coefficient (Wildman–Crippen LogP) is 2.23. The molecule has 0 spiro atoms. The van der Waals surface area contributed by atoms with E-state index in [2.05, 4.69) is 16.4 Å². The number of hydrogen-bond donors (Lipinski definition) is 1. The molecule has 1 aliphatic heterocycles. The van der Waals surface area contributed by atoms with E-state index in [1.54, 1.807) is 0 Å². The van der Waals surface area contributed by atoms with E-state index in [1.807, 2.05) is 24.3 Å². The largest absolute Gasteiger partial charge is 0.397 e. The maximum absolute atomic E-state index is 6.01. The Balaban J connectivity index is 2.05. The lowest BCUT2D eigenvalue weighted by Crippen LogP contribution is -2.46. The van der Waals surface area contributed by atoms with Gasteiger partial charge < -0.3 is 10.6 Å². The fourth-order valence-electron chi connectivity index (χ4n) is 2.14. The van der Waals surface area contributed by atoms with Crippen LogP contribution in [0.15, 0.2) is 30.9 Å². The average molecular weight is 252 g/mol. The van der Waals surface area contributed by atoms with Gasteiger partial charge >= 0.3 is 0 Å². The minimum atomic E-state index is 0.739. The first-order valence-corrected chi connectivity index (χ1v) is 6.21. The highest BCUT2D eigenvalue weighted by Gasteiger charge is 2.17. The molecule has 0 atom stereocenters. The van der Waals surface area contributed by atoms with Gasteiger partial charge in [0.25, 0.3) is 0 Å². The van der Waals surface area contributed by atoms with Crippen LogP contribution in [0.5, 0.6) is 0 Å². The Morgan fingerprint density at radius 1 is 1.29 bits per heavy atom. The highest BCUT2D eigenvalue weighted by Crippen LogP contribution is 2.27. The summed E-state index contributed by atoms with van der Waals surface area (Å²) in [5.41, 5.74) is 7.83. The summed E-state index contributed by atoms with van der Waals surface area (Å²) in [5, 5.41) is 0.739. The molecular weight excluding hydrogens is 234 g/mol. The summed E-state index contributed by atoms with van der Waals surface area (Å²) >= 11 is 6.01. The number of nitrogen functional groups attached to an aromatic ring is 1. The second-order valence-corrected chi connectivity index (χ2v) is 4.72. The van der Waals surface area contributed by atoms with Crippen molar-refractivity contribution in [1.29, 1.82) is 0 Å². The van der Waals surface area contributed by atoms with Crippen LogP contribution in [0.3, 0.4) is 0 Å². The number of benzene rings is 1. The van der Waals surface area contributed by atoms with Crippen molar-refractivity contribution >= 4 is 23.0 Å². The minimum absolute atomic E-state index is 0.739. The van der Waals surface area contributed by atoms with E-state index in [0.29, 0.717) is 0 Å². The summed E-state index contributed by atoms with van der Waals surface area (Å²) < 4.78 is 0. The molecule has 0 saturated carbocycles. The summed E-state index contributed by atoms with van der Waals surface area (Å²) in [4.78, 5) is 4.67. The summed E-state index contributed by atoms with van der Waals surface area (Å²) in [7, 11) is 0. The van der Waals surface area contributed by atoms with Crippen LogP contribution in [0, 0.1) is 0 Å². The van der Waals surface area contributed by atoms with Gasteiger partial charge in [-0.1, -0.05) is 17.7 Å². The molecule has 0 aliphatic carbocycles. The average Bonchev–Trinajstić information content (AvgIpc) is 2.34. The number of halogens is 1. The number of anilines is 2. The van der Waals surface area contributed by atoms with E-state index in [1.165, 1.54) is 0 Å². The SMILES string of the molecule is C=CCN1CCN(c2cc(Cl)ccc2N)CC1. The van der Waals surface area contributed by atoms with Crippen LogP contribution in [-0.2, 0) is 0 Å². The Bertz CT molecular complexity index is 398. The second kappa shape index (κ2) is 5.43. The molecule has 4 heteroatoms. The standard InChI is InChI=1S/C13H18ClN3/c1-2-5-16-6-8-17(9-7-16)13-10-11(14)3-4-12(13)15/h2-4,10H,1,5-9,15H2. The Hall–Kier alpha value is -1.19. The summed E-state index contributed by atoms with van der Waals surface area (Å²) in [6, 6.07) is 5.64. The minimum Gasteiger partial charge on any atom is -0.397 e. The maximum atomic E-state index is 6.01. The molecule has 2 rings (SSSR count). The predicted molar refractivity (Wildman–Crippen MR) is 74.7 cm³/mol. The summed E-state index contributed by atoms with van der Waals surface area (Å²) in [6.45, 7) is 8.77. The number of rotatable bonds is 3. The van der Waals surface area contributed by atoms with Crippen molar-refractivity contribution in [3.63, 3.8) is 0 Å². The third kappa shape index (κ3) is 2.93. The number of hydrogen-bond acceptors (Lipinski definition) is 3. The first-order chi connectivity index (χ1) is 8.20. The molecule has 0 bridgehead atoms. The molecule has 1 aromatic rings. The number of piperazine rings is 1. The van der Waals surface area contributed by atoms with Gasteiger partial charge in [0.2, 0.25) is 0 Å². The zero-order valence-corrected chi connectivity index (χ0v) is 10.7.